The Morgan fingerprint density at radius 2 is 1.88 bits per heavy atom. The number of ether oxygens (including phenoxy) is 1. The number of nitrogens with two attached hydrogens (primary N) is 1. The predicted molar refractivity (Wildman–Crippen MR) is 66.6 cm³/mol. The molecule has 1 aliphatic rings. The van der Waals surface area contributed by atoms with Crippen LogP contribution in [0.4, 0.5) is 5.69 Å². The van der Waals surface area contributed by atoms with Gasteiger partial charge in [0.1, 0.15) is 11.4 Å². The fraction of sp³-hybridized carbons (Fsp3) is 0.538. The minimum absolute atomic E-state index is 0.0675. The zero-order valence-electron chi connectivity index (χ0n) is 10.1. The number of nitrogens with zero attached hydrogens (tertiary/aromatic N) is 1. The summed E-state index contributed by atoms with van der Waals surface area (Å²) in [6, 6.07) is 7.72. The van der Waals surface area contributed by atoms with Crippen molar-refractivity contribution in [2.75, 3.05) is 25.9 Å². The van der Waals surface area contributed by atoms with Crippen LogP contribution in [0.25, 0.3) is 0 Å². The lowest BCUT2D eigenvalue weighted by Crippen LogP contribution is -2.44. The molecule has 1 saturated heterocycles. The Labute approximate surface area is 97.2 Å². The van der Waals surface area contributed by atoms with E-state index in [1.54, 1.807) is 0 Å². The second-order valence-corrected chi connectivity index (χ2v) is 4.89. The van der Waals surface area contributed by atoms with Gasteiger partial charge >= 0.3 is 0 Å². The first-order valence-electron chi connectivity index (χ1n) is 5.81. The van der Waals surface area contributed by atoms with Crippen LogP contribution in [0.5, 0.6) is 5.75 Å². The lowest BCUT2D eigenvalue weighted by molar-refractivity contribution is 0.0247. The van der Waals surface area contributed by atoms with Gasteiger partial charge in [0.25, 0.3) is 0 Å². The molecule has 1 heterocycles. The molecule has 2 N–H and O–H groups in total. The molecule has 0 amide bonds. The number of benzene rings is 1. The summed E-state index contributed by atoms with van der Waals surface area (Å²) in [4.78, 5) is 2.33. The van der Waals surface area contributed by atoms with Crippen LogP contribution in [-0.4, -0.2) is 30.6 Å². The monoisotopic (exact) mass is 220 g/mol. The zero-order valence-corrected chi connectivity index (χ0v) is 10.1. The summed E-state index contributed by atoms with van der Waals surface area (Å²) < 4.78 is 6.07. The molecular weight excluding hydrogens is 200 g/mol. The number of likely N-dealkylation sites (tertiary alicyclic amines) is 1. The van der Waals surface area contributed by atoms with E-state index in [-0.39, 0.29) is 5.60 Å². The third kappa shape index (κ3) is 2.47. The summed E-state index contributed by atoms with van der Waals surface area (Å²) in [6.07, 6.45) is 2.11. The second-order valence-electron chi connectivity index (χ2n) is 4.89. The molecule has 0 bridgehead atoms. The minimum Gasteiger partial charge on any atom is -0.485 e. The molecule has 0 spiro atoms. The summed E-state index contributed by atoms with van der Waals surface area (Å²) in [6.45, 7) is 4.35. The van der Waals surface area contributed by atoms with Crippen molar-refractivity contribution >= 4 is 5.69 Å². The maximum atomic E-state index is 6.07. The van der Waals surface area contributed by atoms with Gasteiger partial charge in [-0.05, 0) is 38.9 Å². The summed E-state index contributed by atoms with van der Waals surface area (Å²) in [5.74, 6) is 0.814. The van der Waals surface area contributed by atoms with Crippen molar-refractivity contribution in [3.63, 3.8) is 0 Å². The van der Waals surface area contributed by atoms with Crippen LogP contribution in [0.15, 0.2) is 24.3 Å². The van der Waals surface area contributed by atoms with Gasteiger partial charge in [0.2, 0.25) is 0 Å². The highest BCUT2D eigenvalue weighted by atomic mass is 16.5. The fourth-order valence-electron chi connectivity index (χ4n) is 2.03. The van der Waals surface area contributed by atoms with Crippen molar-refractivity contribution < 1.29 is 4.74 Å². The highest BCUT2D eigenvalue weighted by molar-refractivity contribution is 5.52. The molecule has 0 unspecified atom stereocenters. The fourth-order valence-corrected chi connectivity index (χ4v) is 2.03. The molecule has 2 rings (SSSR count). The van der Waals surface area contributed by atoms with Gasteiger partial charge < -0.3 is 15.4 Å². The van der Waals surface area contributed by atoms with E-state index in [1.807, 2.05) is 24.3 Å². The van der Waals surface area contributed by atoms with Gasteiger partial charge in [-0.2, -0.15) is 0 Å². The molecule has 0 saturated carbocycles. The van der Waals surface area contributed by atoms with Gasteiger partial charge in [-0.15, -0.1) is 0 Å². The van der Waals surface area contributed by atoms with Crippen LogP contribution in [0.3, 0.4) is 0 Å². The van der Waals surface area contributed by atoms with Gasteiger partial charge in [-0.25, -0.2) is 0 Å². The number of anilines is 1. The van der Waals surface area contributed by atoms with Crippen LogP contribution in [0, 0.1) is 0 Å². The van der Waals surface area contributed by atoms with Gasteiger partial charge in [0, 0.05) is 13.1 Å². The SMILES string of the molecule is CN1CCC(C)(Oc2ccccc2N)CC1. The normalized spacial score (nSPS) is 20.6. The smallest absolute Gasteiger partial charge is 0.143 e. The van der Waals surface area contributed by atoms with E-state index in [4.69, 9.17) is 10.5 Å². The van der Waals surface area contributed by atoms with E-state index in [2.05, 4.69) is 18.9 Å². The second kappa shape index (κ2) is 4.34. The number of hydrogen-bond donors (Lipinski definition) is 1. The first-order chi connectivity index (χ1) is 7.59. The van der Waals surface area contributed by atoms with E-state index in [1.165, 1.54) is 0 Å². The lowest BCUT2D eigenvalue weighted by Gasteiger charge is -2.38. The summed E-state index contributed by atoms with van der Waals surface area (Å²) in [5, 5.41) is 0. The Balaban J connectivity index is 2.07. The molecule has 1 fully saturated rings. The Morgan fingerprint density at radius 1 is 1.25 bits per heavy atom. The molecule has 0 aliphatic carbocycles. The highest BCUT2D eigenvalue weighted by Gasteiger charge is 2.31. The Hall–Kier alpha value is -1.22. The topological polar surface area (TPSA) is 38.5 Å². The molecular formula is C13H20N2O. The van der Waals surface area contributed by atoms with Crippen molar-refractivity contribution in [3.8, 4) is 5.75 Å². The molecule has 3 nitrogen and oxygen atoms in total. The molecule has 16 heavy (non-hydrogen) atoms. The molecule has 0 radical (unpaired) electrons. The summed E-state index contributed by atoms with van der Waals surface area (Å²) in [5.41, 5.74) is 6.55. The number of piperidine rings is 1. The van der Waals surface area contributed by atoms with Crippen molar-refractivity contribution in [2.24, 2.45) is 0 Å². The molecule has 0 atom stereocenters. The number of nitrogen functional groups attached to an aromatic ring is 1. The number of rotatable bonds is 2. The van der Waals surface area contributed by atoms with Crippen molar-refractivity contribution in [2.45, 2.75) is 25.4 Å². The molecule has 1 aromatic carbocycles. The van der Waals surface area contributed by atoms with Gasteiger partial charge in [-0.3, -0.25) is 0 Å². The zero-order chi connectivity index (χ0) is 11.6. The Bertz CT molecular complexity index is 357. The van der Waals surface area contributed by atoms with Crippen LogP contribution in [0.1, 0.15) is 19.8 Å². The average Bonchev–Trinajstić information content (AvgIpc) is 2.27. The quantitative estimate of drug-likeness (QED) is 0.776. The van der Waals surface area contributed by atoms with Gasteiger partial charge in [0.05, 0.1) is 5.69 Å². The third-order valence-corrected chi connectivity index (χ3v) is 3.32. The van der Waals surface area contributed by atoms with E-state index in [9.17, 15) is 0 Å². The van der Waals surface area contributed by atoms with E-state index in [0.717, 1.165) is 37.4 Å². The van der Waals surface area contributed by atoms with E-state index in [0.29, 0.717) is 0 Å². The van der Waals surface area contributed by atoms with Crippen LogP contribution < -0.4 is 10.5 Å². The van der Waals surface area contributed by atoms with E-state index >= 15 is 0 Å². The van der Waals surface area contributed by atoms with E-state index < -0.39 is 0 Å². The Morgan fingerprint density at radius 3 is 2.50 bits per heavy atom. The molecule has 1 aromatic rings. The van der Waals surface area contributed by atoms with Crippen molar-refractivity contribution in [3.05, 3.63) is 24.3 Å². The first-order valence-corrected chi connectivity index (χ1v) is 5.81. The van der Waals surface area contributed by atoms with Crippen LogP contribution >= 0.6 is 0 Å². The predicted octanol–water partition coefficient (Wildman–Crippen LogP) is 2.13. The largest absolute Gasteiger partial charge is 0.485 e. The maximum Gasteiger partial charge on any atom is 0.143 e. The number of hydrogen-bond acceptors (Lipinski definition) is 3. The molecule has 3 heteroatoms. The van der Waals surface area contributed by atoms with Crippen molar-refractivity contribution in [1.82, 2.24) is 4.90 Å². The Kier molecular flexibility index (Phi) is 3.06. The minimum atomic E-state index is -0.0675. The average molecular weight is 220 g/mol. The van der Waals surface area contributed by atoms with Gasteiger partial charge in [-0.1, -0.05) is 12.1 Å². The summed E-state index contributed by atoms with van der Waals surface area (Å²) in [7, 11) is 2.15. The third-order valence-electron chi connectivity index (χ3n) is 3.32. The van der Waals surface area contributed by atoms with Gasteiger partial charge in [0.15, 0.2) is 0 Å². The summed E-state index contributed by atoms with van der Waals surface area (Å²) >= 11 is 0. The van der Waals surface area contributed by atoms with Crippen molar-refractivity contribution in [1.29, 1.82) is 0 Å². The lowest BCUT2D eigenvalue weighted by atomic mass is 9.93. The standard InChI is InChI=1S/C13H20N2O/c1-13(7-9-15(2)10-8-13)16-12-6-4-3-5-11(12)14/h3-6H,7-10,14H2,1-2H3. The molecule has 0 aromatic heterocycles. The molecule has 88 valence electrons. The van der Waals surface area contributed by atoms with Crippen LogP contribution in [0.2, 0.25) is 0 Å². The molecule has 1 aliphatic heterocycles. The highest BCUT2D eigenvalue weighted by Crippen LogP contribution is 2.30. The first kappa shape index (κ1) is 11.3. The number of para-hydroxylation sites is 2. The maximum absolute atomic E-state index is 6.07. The van der Waals surface area contributed by atoms with Crippen LogP contribution in [-0.2, 0) is 0 Å².